The van der Waals surface area contributed by atoms with Gasteiger partial charge in [0.1, 0.15) is 6.04 Å². The number of hydrogen-bond donors (Lipinski definition) is 4. The van der Waals surface area contributed by atoms with E-state index < -0.39 is 12.1 Å². The molecule has 6 nitrogen and oxygen atoms in total. The van der Waals surface area contributed by atoms with Gasteiger partial charge in [-0.05, 0) is 48.6 Å². The molecule has 0 aliphatic heterocycles. The number of carbonyl (C=O) groups excluding carboxylic acids is 2. The molecule has 0 aliphatic rings. The van der Waals surface area contributed by atoms with E-state index in [4.69, 9.17) is 5.73 Å². The van der Waals surface area contributed by atoms with E-state index in [9.17, 15) is 9.59 Å². The zero-order valence-electron chi connectivity index (χ0n) is 15.8. The minimum absolute atomic E-state index is 0. The average molecular weight is 427 g/mol. The molecular formula is C17H32Cl2N4O2S. The first-order chi connectivity index (χ1) is 11.3. The highest BCUT2D eigenvalue weighted by Crippen LogP contribution is 2.07. The zero-order chi connectivity index (χ0) is 18.1. The number of hydrogen-bond acceptors (Lipinski definition) is 5. The van der Waals surface area contributed by atoms with Crippen LogP contribution in [0.25, 0.3) is 0 Å². The smallest absolute Gasteiger partial charge is 0.242 e. The molecule has 152 valence electrons. The Kier molecular flexibility index (Phi) is 15.0. The Morgan fingerprint density at radius 2 is 1.85 bits per heavy atom. The fraction of sp³-hybridized carbons (Fsp3) is 0.647. The van der Waals surface area contributed by atoms with E-state index in [0.717, 1.165) is 6.42 Å². The Balaban J connectivity index is 0. The molecule has 0 unspecified atom stereocenters. The number of amides is 2. The second-order valence-corrected chi connectivity index (χ2v) is 7.13. The predicted molar refractivity (Wildman–Crippen MR) is 113 cm³/mol. The van der Waals surface area contributed by atoms with Crippen molar-refractivity contribution in [1.82, 2.24) is 16.0 Å². The first kappa shape index (κ1) is 27.4. The normalized spacial score (nSPS) is 13.8. The maximum Gasteiger partial charge on any atom is 0.242 e. The molecule has 1 aromatic rings. The minimum Gasteiger partial charge on any atom is -0.355 e. The van der Waals surface area contributed by atoms with Gasteiger partial charge in [0.05, 0.1) is 6.04 Å². The van der Waals surface area contributed by atoms with E-state index in [1.807, 2.05) is 26.2 Å². The first-order valence-corrected chi connectivity index (χ1v) is 9.37. The van der Waals surface area contributed by atoms with Gasteiger partial charge in [0.15, 0.2) is 0 Å². The van der Waals surface area contributed by atoms with Gasteiger partial charge < -0.3 is 21.7 Å². The average Bonchev–Trinajstić information content (AvgIpc) is 3.02. The molecular weight excluding hydrogens is 395 g/mol. The lowest BCUT2D eigenvalue weighted by molar-refractivity contribution is -0.130. The molecule has 0 aliphatic carbocycles. The first-order valence-electron chi connectivity index (χ1n) is 8.43. The van der Waals surface area contributed by atoms with E-state index in [1.165, 1.54) is 5.56 Å². The number of nitrogens with one attached hydrogen (secondary N) is 3. The standard InChI is InChI=1S/C17H30N4O2S.2ClH/c1-5-19-17(23)15(11(2)3)21-16(22)12(4)20-9-14(18)8-13-6-7-24-10-13;;/h6-7,10-12,14-15,20H,5,8-9,18H2,1-4H3,(H,19,23)(H,21,22);2*1H/t12-,14-,15-;;/m0../s1. The number of nitrogens with two attached hydrogens (primary N) is 1. The van der Waals surface area contributed by atoms with Crippen molar-refractivity contribution < 1.29 is 9.59 Å². The minimum atomic E-state index is -0.527. The number of likely N-dealkylation sites (N-methyl/N-ethyl adjacent to an activating group) is 1. The quantitative estimate of drug-likeness (QED) is 0.457. The second kappa shape index (κ2) is 14.2. The molecule has 0 aromatic carbocycles. The molecule has 9 heteroatoms. The Morgan fingerprint density at radius 3 is 2.35 bits per heavy atom. The summed E-state index contributed by atoms with van der Waals surface area (Å²) in [5.74, 6) is -0.321. The highest BCUT2D eigenvalue weighted by atomic mass is 35.5. The highest BCUT2D eigenvalue weighted by Gasteiger charge is 2.25. The van der Waals surface area contributed by atoms with Crippen LogP contribution in [0.2, 0.25) is 0 Å². The summed E-state index contributed by atoms with van der Waals surface area (Å²) in [5, 5.41) is 12.8. The van der Waals surface area contributed by atoms with Crippen LogP contribution in [0.1, 0.15) is 33.3 Å². The van der Waals surface area contributed by atoms with Crippen molar-refractivity contribution in [3.63, 3.8) is 0 Å². The third kappa shape index (κ3) is 9.73. The molecule has 26 heavy (non-hydrogen) atoms. The molecule has 3 atom stereocenters. The van der Waals surface area contributed by atoms with E-state index in [2.05, 4.69) is 27.4 Å². The predicted octanol–water partition coefficient (Wildman–Crippen LogP) is 1.72. The molecule has 0 spiro atoms. The fourth-order valence-corrected chi connectivity index (χ4v) is 2.98. The summed E-state index contributed by atoms with van der Waals surface area (Å²) < 4.78 is 0. The largest absolute Gasteiger partial charge is 0.355 e. The molecule has 1 aromatic heterocycles. The summed E-state index contributed by atoms with van der Waals surface area (Å²) >= 11 is 1.65. The van der Waals surface area contributed by atoms with Gasteiger partial charge in [0, 0.05) is 19.1 Å². The molecule has 1 rings (SSSR count). The lowest BCUT2D eigenvalue weighted by Gasteiger charge is -2.24. The molecule has 0 saturated heterocycles. The van der Waals surface area contributed by atoms with Crippen molar-refractivity contribution in [2.45, 2.75) is 52.2 Å². The van der Waals surface area contributed by atoms with Crippen LogP contribution < -0.4 is 21.7 Å². The summed E-state index contributed by atoms with van der Waals surface area (Å²) in [6.07, 6.45) is 0.776. The van der Waals surface area contributed by atoms with Gasteiger partial charge in [0.25, 0.3) is 0 Å². The van der Waals surface area contributed by atoms with Gasteiger partial charge in [0.2, 0.25) is 11.8 Å². The van der Waals surface area contributed by atoms with Crippen molar-refractivity contribution in [2.75, 3.05) is 13.1 Å². The number of rotatable bonds is 10. The number of thiophene rings is 1. The van der Waals surface area contributed by atoms with E-state index in [-0.39, 0.29) is 48.6 Å². The third-order valence-corrected chi connectivity index (χ3v) is 4.49. The Labute approximate surface area is 172 Å². The SMILES string of the molecule is CCNC(=O)[C@@H](NC(=O)[C@H](C)NC[C@@H](N)Cc1ccsc1)C(C)C.Cl.Cl. The maximum atomic E-state index is 12.3. The molecule has 0 bridgehead atoms. The van der Waals surface area contributed by atoms with Crippen molar-refractivity contribution in [3.05, 3.63) is 22.4 Å². The van der Waals surface area contributed by atoms with Crippen molar-refractivity contribution in [2.24, 2.45) is 11.7 Å². The van der Waals surface area contributed by atoms with Gasteiger partial charge in [-0.25, -0.2) is 0 Å². The molecule has 0 fully saturated rings. The fourth-order valence-electron chi connectivity index (χ4n) is 2.30. The van der Waals surface area contributed by atoms with E-state index in [1.54, 1.807) is 18.3 Å². The van der Waals surface area contributed by atoms with Gasteiger partial charge in [-0.15, -0.1) is 24.8 Å². The Hall–Kier alpha value is -0.860. The van der Waals surface area contributed by atoms with Crippen LogP contribution in [0.4, 0.5) is 0 Å². The van der Waals surface area contributed by atoms with Crippen molar-refractivity contribution in [1.29, 1.82) is 0 Å². The summed E-state index contributed by atoms with van der Waals surface area (Å²) in [6, 6.07) is 1.06. The van der Waals surface area contributed by atoms with Crippen LogP contribution in [-0.2, 0) is 16.0 Å². The highest BCUT2D eigenvalue weighted by molar-refractivity contribution is 7.07. The van der Waals surface area contributed by atoms with Crippen LogP contribution in [0, 0.1) is 5.92 Å². The number of carbonyl (C=O) groups is 2. The van der Waals surface area contributed by atoms with Crippen molar-refractivity contribution >= 4 is 48.0 Å². The molecule has 5 N–H and O–H groups in total. The molecule has 0 radical (unpaired) electrons. The topological polar surface area (TPSA) is 96.2 Å². The second-order valence-electron chi connectivity index (χ2n) is 6.35. The summed E-state index contributed by atoms with van der Waals surface area (Å²) in [6.45, 7) is 8.54. The maximum absolute atomic E-state index is 12.3. The van der Waals surface area contributed by atoms with Gasteiger partial charge in [-0.1, -0.05) is 13.8 Å². The zero-order valence-corrected chi connectivity index (χ0v) is 18.2. The summed E-state index contributed by atoms with van der Waals surface area (Å²) in [4.78, 5) is 24.3. The van der Waals surface area contributed by atoms with Gasteiger partial charge in [-0.2, -0.15) is 11.3 Å². The van der Waals surface area contributed by atoms with Crippen LogP contribution in [0.15, 0.2) is 16.8 Å². The van der Waals surface area contributed by atoms with E-state index in [0.29, 0.717) is 13.1 Å². The summed E-state index contributed by atoms with van der Waals surface area (Å²) in [7, 11) is 0. The molecule has 1 heterocycles. The monoisotopic (exact) mass is 426 g/mol. The van der Waals surface area contributed by atoms with E-state index >= 15 is 0 Å². The van der Waals surface area contributed by atoms with Crippen LogP contribution in [0.3, 0.4) is 0 Å². The lowest BCUT2D eigenvalue weighted by Crippen LogP contribution is -2.55. The summed E-state index contributed by atoms with van der Waals surface area (Å²) in [5.41, 5.74) is 7.31. The van der Waals surface area contributed by atoms with Crippen LogP contribution >= 0.6 is 36.2 Å². The van der Waals surface area contributed by atoms with Crippen LogP contribution in [0.5, 0.6) is 0 Å². The molecule has 0 saturated carbocycles. The molecule has 2 amide bonds. The lowest BCUT2D eigenvalue weighted by atomic mass is 10.0. The number of halogens is 2. The Bertz CT molecular complexity index is 515. The van der Waals surface area contributed by atoms with Gasteiger partial charge >= 0.3 is 0 Å². The van der Waals surface area contributed by atoms with Gasteiger partial charge in [-0.3, -0.25) is 9.59 Å². The van der Waals surface area contributed by atoms with Crippen molar-refractivity contribution in [3.8, 4) is 0 Å². The van der Waals surface area contributed by atoms with Crippen LogP contribution in [-0.4, -0.2) is 43.0 Å². The third-order valence-electron chi connectivity index (χ3n) is 3.76. The Morgan fingerprint density at radius 1 is 1.19 bits per heavy atom.